The zero-order valence-corrected chi connectivity index (χ0v) is 13.2. The van der Waals surface area contributed by atoms with Crippen LogP contribution in [0.1, 0.15) is 0 Å². The van der Waals surface area contributed by atoms with Crippen LogP contribution in [0.2, 0.25) is 0 Å². The van der Waals surface area contributed by atoms with Crippen LogP contribution in [0.15, 0.2) is 59.7 Å². The molecule has 0 saturated carbocycles. The molecule has 124 valence electrons. The Morgan fingerprint density at radius 1 is 1.12 bits per heavy atom. The zero-order chi connectivity index (χ0) is 17.2. The summed E-state index contributed by atoms with van der Waals surface area (Å²) >= 11 is 0. The molecule has 24 heavy (non-hydrogen) atoms. The van der Waals surface area contributed by atoms with Gasteiger partial charge < -0.3 is 4.18 Å². The van der Waals surface area contributed by atoms with Gasteiger partial charge in [-0.2, -0.15) is 8.42 Å². The van der Waals surface area contributed by atoms with Crippen LogP contribution in [0.3, 0.4) is 0 Å². The fraction of sp³-hybridized carbons (Fsp3) is 0.125. The van der Waals surface area contributed by atoms with Crippen molar-refractivity contribution in [2.24, 2.45) is 0 Å². The van der Waals surface area contributed by atoms with Crippen LogP contribution in [0.5, 0.6) is 5.75 Å². The third-order valence-electron chi connectivity index (χ3n) is 3.34. The second-order valence-corrected chi connectivity index (χ2v) is 6.75. The van der Waals surface area contributed by atoms with Gasteiger partial charge in [-0.05, 0) is 24.3 Å². The fourth-order valence-electron chi connectivity index (χ4n) is 2.17. The Bertz CT molecular complexity index is 1030. The second-order valence-electron chi connectivity index (χ2n) is 5.06. The average molecular weight is 348 g/mol. The number of halogens is 1. The van der Waals surface area contributed by atoms with Crippen molar-refractivity contribution in [3.63, 3.8) is 0 Å². The van der Waals surface area contributed by atoms with Crippen molar-refractivity contribution >= 4 is 21.0 Å². The molecule has 1 aromatic heterocycles. The first kappa shape index (κ1) is 16.1. The van der Waals surface area contributed by atoms with E-state index >= 15 is 0 Å². The van der Waals surface area contributed by atoms with E-state index in [1.165, 1.54) is 24.5 Å². The molecule has 3 rings (SSSR count). The molecule has 0 aliphatic heterocycles. The van der Waals surface area contributed by atoms with Crippen LogP contribution < -0.4 is 9.74 Å². The van der Waals surface area contributed by atoms with E-state index < -0.39 is 27.2 Å². The van der Waals surface area contributed by atoms with E-state index in [-0.39, 0.29) is 23.2 Å². The van der Waals surface area contributed by atoms with Gasteiger partial charge in [0.2, 0.25) is 0 Å². The number of para-hydroxylation sites is 1. The highest BCUT2D eigenvalue weighted by molar-refractivity contribution is 7.87. The minimum atomic E-state index is -3.86. The summed E-state index contributed by atoms with van der Waals surface area (Å²) in [4.78, 5) is 16.3. The molecule has 0 radical (unpaired) electrons. The summed E-state index contributed by atoms with van der Waals surface area (Å²) < 4.78 is 43.2. The number of rotatable bonds is 5. The molecule has 0 aliphatic rings. The van der Waals surface area contributed by atoms with Gasteiger partial charge in [0.15, 0.2) is 0 Å². The number of hydrogen-bond acceptors (Lipinski definition) is 5. The van der Waals surface area contributed by atoms with E-state index in [0.29, 0.717) is 0 Å². The molecule has 3 aromatic rings. The Kier molecular flexibility index (Phi) is 4.30. The average Bonchev–Trinajstić information content (AvgIpc) is 2.54. The van der Waals surface area contributed by atoms with Gasteiger partial charge >= 0.3 is 10.1 Å². The topological polar surface area (TPSA) is 78.3 Å². The van der Waals surface area contributed by atoms with Crippen LogP contribution in [0, 0.1) is 5.82 Å². The van der Waals surface area contributed by atoms with Crippen molar-refractivity contribution in [1.82, 2.24) is 9.55 Å². The number of aromatic nitrogens is 2. The summed E-state index contributed by atoms with van der Waals surface area (Å²) in [6.07, 6.45) is 1.20. The second kappa shape index (κ2) is 6.40. The molecule has 0 N–H and O–H groups in total. The number of nitrogens with zero attached hydrogens (tertiary/aromatic N) is 2. The van der Waals surface area contributed by atoms with E-state index in [0.717, 1.165) is 16.7 Å². The largest absolute Gasteiger partial charge is 0.382 e. The highest BCUT2D eigenvalue weighted by Crippen LogP contribution is 2.12. The van der Waals surface area contributed by atoms with Gasteiger partial charge in [0, 0.05) is 12.6 Å². The summed E-state index contributed by atoms with van der Waals surface area (Å²) in [6, 6.07) is 11.7. The molecule has 0 spiro atoms. The Labute approximate surface area is 137 Å². The van der Waals surface area contributed by atoms with Crippen LogP contribution in [0.25, 0.3) is 10.9 Å². The highest BCUT2D eigenvalue weighted by atomic mass is 32.2. The summed E-state index contributed by atoms with van der Waals surface area (Å²) in [6.45, 7) is -0.117. The van der Waals surface area contributed by atoms with Gasteiger partial charge in [0.05, 0.1) is 17.2 Å². The molecular weight excluding hydrogens is 335 g/mol. The fourth-order valence-corrected chi connectivity index (χ4v) is 3.07. The maximum atomic E-state index is 13.1. The first-order valence-electron chi connectivity index (χ1n) is 7.06. The zero-order valence-electron chi connectivity index (χ0n) is 12.4. The van der Waals surface area contributed by atoms with Gasteiger partial charge in [0.25, 0.3) is 5.56 Å². The number of aryl methyl sites for hydroxylation is 1. The van der Waals surface area contributed by atoms with Crippen molar-refractivity contribution in [2.45, 2.75) is 6.54 Å². The molecule has 0 saturated heterocycles. The lowest BCUT2D eigenvalue weighted by Gasteiger charge is -2.09. The predicted molar refractivity (Wildman–Crippen MR) is 86.8 cm³/mol. The number of hydrogen-bond donors (Lipinski definition) is 0. The summed E-state index contributed by atoms with van der Waals surface area (Å²) in [5.41, 5.74) is -0.213. The maximum Gasteiger partial charge on any atom is 0.310 e. The van der Waals surface area contributed by atoms with E-state index in [4.69, 9.17) is 4.18 Å². The van der Waals surface area contributed by atoms with E-state index in [1.807, 2.05) is 0 Å². The Balaban J connectivity index is 1.79. The number of fused-ring (bicyclic) bond motifs is 1. The molecule has 6 nitrogen and oxygen atoms in total. The first-order chi connectivity index (χ1) is 11.4. The summed E-state index contributed by atoms with van der Waals surface area (Å²) in [7, 11) is -3.86. The Morgan fingerprint density at radius 3 is 2.62 bits per heavy atom. The van der Waals surface area contributed by atoms with Crippen molar-refractivity contribution in [3.05, 3.63) is 71.0 Å². The lowest BCUT2D eigenvalue weighted by molar-refractivity contribution is 0.480. The minimum Gasteiger partial charge on any atom is -0.382 e. The van der Waals surface area contributed by atoms with Crippen molar-refractivity contribution in [2.75, 3.05) is 5.75 Å². The monoisotopic (exact) mass is 348 g/mol. The lowest BCUT2D eigenvalue weighted by Crippen LogP contribution is -2.26. The molecule has 8 heteroatoms. The first-order valence-corrected chi connectivity index (χ1v) is 8.64. The highest BCUT2D eigenvalue weighted by Gasteiger charge is 2.14. The molecule has 0 unspecified atom stereocenters. The standard InChI is InChI=1S/C16H13FN2O4S/c17-12-6-7-14-15(10-12)18-11-19(16(14)20)8-9-24(21,22)23-13-4-2-1-3-5-13/h1-7,10-11H,8-9H2. The van der Waals surface area contributed by atoms with Gasteiger partial charge in [0.1, 0.15) is 17.3 Å². The van der Waals surface area contributed by atoms with Crippen LogP contribution >= 0.6 is 0 Å². The third-order valence-corrected chi connectivity index (χ3v) is 4.46. The molecule has 2 aromatic carbocycles. The van der Waals surface area contributed by atoms with Gasteiger partial charge in [-0.1, -0.05) is 18.2 Å². The van der Waals surface area contributed by atoms with Crippen molar-refractivity contribution in [3.8, 4) is 5.75 Å². The van der Waals surface area contributed by atoms with E-state index in [1.54, 1.807) is 18.2 Å². The predicted octanol–water partition coefficient (Wildman–Crippen LogP) is 1.94. The van der Waals surface area contributed by atoms with E-state index in [2.05, 4.69) is 4.98 Å². The summed E-state index contributed by atoms with van der Waals surface area (Å²) in [5.74, 6) is -0.682. The quantitative estimate of drug-likeness (QED) is 0.659. The van der Waals surface area contributed by atoms with E-state index in [9.17, 15) is 17.6 Å². The Morgan fingerprint density at radius 2 is 1.88 bits per heavy atom. The molecule has 0 amide bonds. The molecule has 1 heterocycles. The normalized spacial score (nSPS) is 11.5. The molecule has 0 atom stereocenters. The minimum absolute atomic E-state index is 0.117. The van der Waals surface area contributed by atoms with Crippen LogP contribution in [-0.2, 0) is 16.7 Å². The molecule has 0 bridgehead atoms. The third kappa shape index (κ3) is 3.60. The molecule has 0 fully saturated rings. The van der Waals surface area contributed by atoms with Crippen molar-refractivity contribution < 1.29 is 17.0 Å². The molecule has 0 aliphatic carbocycles. The van der Waals surface area contributed by atoms with Crippen LogP contribution in [-0.4, -0.2) is 23.7 Å². The van der Waals surface area contributed by atoms with Gasteiger partial charge in [-0.3, -0.25) is 9.36 Å². The lowest BCUT2D eigenvalue weighted by atomic mass is 10.2. The Hall–Kier alpha value is -2.74. The smallest absolute Gasteiger partial charge is 0.310 e. The van der Waals surface area contributed by atoms with Gasteiger partial charge in [-0.15, -0.1) is 0 Å². The summed E-state index contributed by atoms with van der Waals surface area (Å²) in [5, 5.41) is 0.222. The SMILES string of the molecule is O=c1c2ccc(F)cc2ncn1CCS(=O)(=O)Oc1ccccc1. The van der Waals surface area contributed by atoms with Crippen molar-refractivity contribution in [1.29, 1.82) is 0 Å². The maximum absolute atomic E-state index is 13.1. The molecular formula is C16H13FN2O4S. The van der Waals surface area contributed by atoms with Gasteiger partial charge in [-0.25, -0.2) is 9.37 Å². The number of benzene rings is 2. The van der Waals surface area contributed by atoms with Crippen LogP contribution in [0.4, 0.5) is 4.39 Å².